The summed E-state index contributed by atoms with van der Waals surface area (Å²) in [6.07, 6.45) is 5.09. The van der Waals surface area contributed by atoms with Crippen molar-refractivity contribution in [1.82, 2.24) is 23.9 Å². The highest BCUT2D eigenvalue weighted by Gasteiger charge is 2.35. The van der Waals surface area contributed by atoms with Gasteiger partial charge in [-0.25, -0.2) is 4.98 Å². The van der Waals surface area contributed by atoms with Crippen LogP contribution in [-0.4, -0.2) is 58.0 Å². The summed E-state index contributed by atoms with van der Waals surface area (Å²) in [6, 6.07) is 2.22. The minimum absolute atomic E-state index is 0.00844. The van der Waals surface area contributed by atoms with Crippen molar-refractivity contribution in [2.24, 2.45) is 7.05 Å². The van der Waals surface area contributed by atoms with E-state index in [1.54, 1.807) is 11.0 Å². The summed E-state index contributed by atoms with van der Waals surface area (Å²) in [5.74, 6) is 1.38. The van der Waals surface area contributed by atoms with E-state index in [4.69, 9.17) is 9.84 Å². The van der Waals surface area contributed by atoms with E-state index in [1.807, 2.05) is 38.6 Å². The molecule has 4 rings (SSSR count). The van der Waals surface area contributed by atoms with Crippen molar-refractivity contribution < 1.29 is 20.1 Å². The molecule has 0 radical (unpaired) electrons. The first kappa shape index (κ1) is 32.8. The lowest BCUT2D eigenvalue weighted by atomic mass is 9.97. The molecule has 1 aliphatic heterocycles. The summed E-state index contributed by atoms with van der Waals surface area (Å²) in [7, 11) is 1.89. The maximum Gasteiger partial charge on any atom is 0.138 e. The standard InChI is InChI=1S/C16H25N3O.C12H20N2O3.C2H6/c1-11(2)14-6-7-19(16(14)12(3)4)9-13-8-18(5)17-15(13)10-20;1-7(2)12-8(3)14(6-13-12)11-4-9(16)10(5-15)17-11;1-2/h6-8,11-12,20H,9-10H2,1-5H3;6-7,9-11,15-16H,4-5H2,1-3H3;1-2H3. The van der Waals surface area contributed by atoms with Crippen LogP contribution in [0.1, 0.15) is 120 Å². The SMILES string of the molecule is CC.CC(C)c1ccn(Cc2cn(C)nc2CO)c1C(C)C.Cc1c(C(C)C)ncn1C1CC(O)C(CO)O1. The fraction of sp³-hybridized carbons (Fsp3) is 0.667. The Kier molecular flexibility index (Phi) is 12.4. The maximum atomic E-state index is 9.71. The molecule has 3 unspecified atom stereocenters. The van der Waals surface area contributed by atoms with Crippen LogP contribution in [0.25, 0.3) is 0 Å². The predicted octanol–water partition coefficient (Wildman–Crippen LogP) is 4.99. The number of aromatic nitrogens is 5. The number of aliphatic hydroxyl groups excluding tert-OH is 3. The van der Waals surface area contributed by atoms with Gasteiger partial charge in [-0.3, -0.25) is 4.68 Å². The van der Waals surface area contributed by atoms with Crippen molar-refractivity contribution in [3.05, 3.63) is 58.7 Å². The van der Waals surface area contributed by atoms with Crippen molar-refractivity contribution >= 4 is 0 Å². The van der Waals surface area contributed by atoms with Gasteiger partial charge in [0, 0.05) is 42.8 Å². The summed E-state index contributed by atoms with van der Waals surface area (Å²) in [4.78, 5) is 4.37. The summed E-state index contributed by atoms with van der Waals surface area (Å²) in [5.41, 5.74) is 6.76. The second kappa shape index (κ2) is 14.8. The van der Waals surface area contributed by atoms with Gasteiger partial charge in [0.1, 0.15) is 12.3 Å². The average Bonchev–Trinajstić information content (AvgIpc) is 3.66. The van der Waals surface area contributed by atoms with Gasteiger partial charge in [-0.15, -0.1) is 0 Å². The Balaban J connectivity index is 0.000000260. The zero-order chi connectivity index (χ0) is 29.4. The molecule has 1 saturated heterocycles. The lowest BCUT2D eigenvalue weighted by Gasteiger charge is -2.16. The van der Waals surface area contributed by atoms with Crippen LogP contribution >= 0.6 is 0 Å². The predicted molar refractivity (Wildman–Crippen MR) is 155 cm³/mol. The second-order valence-corrected chi connectivity index (χ2v) is 10.9. The van der Waals surface area contributed by atoms with Crippen molar-refractivity contribution in [3.63, 3.8) is 0 Å². The lowest BCUT2D eigenvalue weighted by Crippen LogP contribution is -2.24. The average molecular weight is 546 g/mol. The normalized spacial score (nSPS) is 18.9. The Morgan fingerprint density at radius 1 is 1.05 bits per heavy atom. The molecule has 0 aromatic carbocycles. The molecule has 4 heterocycles. The first-order chi connectivity index (χ1) is 18.5. The molecule has 0 aliphatic carbocycles. The van der Waals surface area contributed by atoms with Gasteiger partial charge in [0.05, 0.1) is 43.6 Å². The van der Waals surface area contributed by atoms with Gasteiger partial charge < -0.3 is 29.2 Å². The largest absolute Gasteiger partial charge is 0.394 e. The van der Waals surface area contributed by atoms with Crippen LogP contribution < -0.4 is 0 Å². The molecule has 3 aromatic heterocycles. The number of imidazole rings is 1. The van der Waals surface area contributed by atoms with Crippen LogP contribution in [0, 0.1) is 6.92 Å². The summed E-state index contributed by atoms with van der Waals surface area (Å²) >= 11 is 0. The fourth-order valence-electron chi connectivity index (χ4n) is 5.17. The molecule has 3 N–H and O–H groups in total. The van der Waals surface area contributed by atoms with Crippen LogP contribution in [0.4, 0.5) is 0 Å². The molecule has 9 heteroatoms. The molecular weight excluding hydrogens is 494 g/mol. The Bertz CT molecular complexity index is 1140. The van der Waals surface area contributed by atoms with Crippen molar-refractivity contribution in [2.45, 2.75) is 118 Å². The van der Waals surface area contributed by atoms with Crippen molar-refractivity contribution in [2.75, 3.05) is 6.61 Å². The molecule has 3 aromatic rings. The highest BCUT2D eigenvalue weighted by molar-refractivity contribution is 5.30. The third-order valence-electron chi connectivity index (χ3n) is 7.01. The lowest BCUT2D eigenvalue weighted by molar-refractivity contribution is -0.0449. The van der Waals surface area contributed by atoms with Gasteiger partial charge in [0.25, 0.3) is 0 Å². The molecule has 1 fully saturated rings. The van der Waals surface area contributed by atoms with Crippen LogP contribution in [0.3, 0.4) is 0 Å². The first-order valence-corrected chi connectivity index (χ1v) is 14.3. The van der Waals surface area contributed by atoms with Crippen molar-refractivity contribution in [1.29, 1.82) is 0 Å². The second-order valence-electron chi connectivity index (χ2n) is 10.9. The monoisotopic (exact) mass is 545 g/mol. The molecule has 9 nitrogen and oxygen atoms in total. The van der Waals surface area contributed by atoms with E-state index in [2.05, 4.69) is 68.5 Å². The highest BCUT2D eigenvalue weighted by Crippen LogP contribution is 2.31. The maximum absolute atomic E-state index is 9.71. The Labute approximate surface area is 234 Å². The quantitative estimate of drug-likeness (QED) is 0.368. The molecule has 0 spiro atoms. The zero-order valence-corrected chi connectivity index (χ0v) is 25.6. The van der Waals surface area contributed by atoms with E-state index in [0.29, 0.717) is 24.2 Å². The third-order valence-corrected chi connectivity index (χ3v) is 7.01. The van der Waals surface area contributed by atoms with Gasteiger partial charge in [-0.2, -0.15) is 5.10 Å². The number of hydrogen-bond acceptors (Lipinski definition) is 6. The molecule has 0 saturated carbocycles. The zero-order valence-electron chi connectivity index (χ0n) is 25.6. The topological polar surface area (TPSA) is 110 Å². The van der Waals surface area contributed by atoms with E-state index >= 15 is 0 Å². The molecule has 1 aliphatic rings. The van der Waals surface area contributed by atoms with E-state index in [-0.39, 0.29) is 19.4 Å². The van der Waals surface area contributed by atoms with Gasteiger partial charge in [-0.1, -0.05) is 55.4 Å². The Morgan fingerprint density at radius 2 is 1.72 bits per heavy atom. The molecule has 220 valence electrons. The molecule has 0 amide bonds. The Hall–Kier alpha value is -2.46. The van der Waals surface area contributed by atoms with E-state index in [9.17, 15) is 10.2 Å². The van der Waals surface area contributed by atoms with E-state index in [1.165, 1.54) is 11.3 Å². The number of aryl methyl sites for hydroxylation is 1. The number of nitrogens with zero attached hydrogens (tertiary/aromatic N) is 5. The minimum atomic E-state index is -0.603. The number of aliphatic hydroxyl groups is 3. The van der Waals surface area contributed by atoms with Gasteiger partial charge in [0.2, 0.25) is 0 Å². The minimum Gasteiger partial charge on any atom is -0.394 e. The summed E-state index contributed by atoms with van der Waals surface area (Å²) in [6.45, 7) is 19.7. The first-order valence-electron chi connectivity index (χ1n) is 14.3. The summed E-state index contributed by atoms with van der Waals surface area (Å²) < 4.78 is 11.6. The number of ether oxygens (including phenoxy) is 1. The summed E-state index contributed by atoms with van der Waals surface area (Å²) in [5, 5.41) is 32.5. The fourth-order valence-corrected chi connectivity index (χ4v) is 5.17. The van der Waals surface area contributed by atoms with Crippen LogP contribution in [0.5, 0.6) is 0 Å². The highest BCUT2D eigenvalue weighted by atomic mass is 16.5. The van der Waals surface area contributed by atoms with E-state index < -0.39 is 12.2 Å². The Morgan fingerprint density at radius 3 is 2.21 bits per heavy atom. The van der Waals surface area contributed by atoms with E-state index in [0.717, 1.165) is 29.2 Å². The van der Waals surface area contributed by atoms with Gasteiger partial charge >= 0.3 is 0 Å². The molecule has 39 heavy (non-hydrogen) atoms. The van der Waals surface area contributed by atoms with Crippen LogP contribution in [0.15, 0.2) is 24.8 Å². The van der Waals surface area contributed by atoms with Crippen LogP contribution in [-0.2, 0) is 24.9 Å². The van der Waals surface area contributed by atoms with Gasteiger partial charge in [-0.05, 0) is 36.3 Å². The number of hydrogen-bond donors (Lipinski definition) is 3. The van der Waals surface area contributed by atoms with Crippen LogP contribution in [0.2, 0.25) is 0 Å². The number of rotatable bonds is 8. The smallest absolute Gasteiger partial charge is 0.138 e. The third kappa shape index (κ3) is 7.81. The van der Waals surface area contributed by atoms with Crippen molar-refractivity contribution in [3.8, 4) is 0 Å². The van der Waals surface area contributed by atoms with Gasteiger partial charge in [0.15, 0.2) is 0 Å². The molecule has 0 bridgehead atoms. The molecule has 3 atom stereocenters. The molecular formula is C30H51N5O4.